The van der Waals surface area contributed by atoms with Crippen LogP contribution >= 0.6 is 0 Å². The largest absolute Gasteiger partial charge is 0.381 e. The Kier molecular flexibility index (Phi) is 38.7. The Hall–Kier alpha value is -0.930. The molecule has 69 heavy (non-hydrogen) atoms. The van der Waals surface area contributed by atoms with E-state index < -0.39 is 0 Å². The number of likely N-dealkylation sites (N-methyl/N-ethyl adjacent to an activating group) is 1. The van der Waals surface area contributed by atoms with Crippen molar-refractivity contribution < 1.29 is 23.7 Å². The molecule has 0 unspecified atom stereocenters. The second-order valence-corrected chi connectivity index (χ2v) is 23.3. The first-order valence-corrected chi connectivity index (χ1v) is 28.7. The van der Waals surface area contributed by atoms with Gasteiger partial charge in [0, 0.05) is 96.7 Å². The van der Waals surface area contributed by atoms with Gasteiger partial charge in [0.25, 0.3) is 0 Å². The van der Waals surface area contributed by atoms with Crippen LogP contribution in [-0.2, 0) is 23.7 Å². The fourth-order valence-corrected chi connectivity index (χ4v) is 9.44. The summed E-state index contributed by atoms with van der Waals surface area (Å²) in [5.41, 5.74) is 0. The fourth-order valence-electron chi connectivity index (χ4n) is 9.44. The van der Waals surface area contributed by atoms with Crippen LogP contribution in [0.4, 0.5) is 0 Å². The average Bonchev–Trinajstić information content (AvgIpc) is 3.36. The molecule has 412 valence electrons. The minimum absolute atomic E-state index is 0.119. The van der Waals surface area contributed by atoms with E-state index in [1.165, 1.54) is 104 Å². The zero-order valence-electron chi connectivity index (χ0n) is 48.7. The molecule has 0 bridgehead atoms. The lowest BCUT2D eigenvalue weighted by Gasteiger charge is -2.34. The third-order valence-electron chi connectivity index (χ3n) is 15.2. The summed E-state index contributed by atoms with van der Waals surface area (Å²) in [6.07, 6.45) is 9.47. The van der Waals surface area contributed by atoms with E-state index in [1.54, 1.807) is 0 Å². The molecule has 0 aromatic rings. The zero-order chi connectivity index (χ0) is 51.6. The summed E-state index contributed by atoms with van der Waals surface area (Å²) in [4.78, 5) is 25.5. The topological polar surface area (TPSA) is 85.5 Å². The van der Waals surface area contributed by atoms with E-state index in [-0.39, 0.29) is 11.8 Å². The minimum atomic E-state index is 0.119. The van der Waals surface area contributed by atoms with Gasteiger partial charge in [0.15, 0.2) is 0 Å². The van der Waals surface area contributed by atoms with Crippen LogP contribution < -0.4 is 5.32 Å². The number of amides is 1. The normalized spacial score (nSPS) is 22.3. The van der Waals surface area contributed by atoms with Gasteiger partial charge in [-0.05, 0) is 161 Å². The molecule has 12 heteroatoms. The molecular weight excluding hydrogens is 863 g/mol. The summed E-state index contributed by atoms with van der Waals surface area (Å²) < 4.78 is 20.9. The predicted octanol–water partition coefficient (Wildman–Crippen LogP) is 8.93. The predicted molar refractivity (Wildman–Crippen MR) is 295 cm³/mol. The highest BCUT2D eigenvalue weighted by Crippen LogP contribution is 2.24. The molecule has 0 spiro atoms. The average molecular weight is 983 g/mol. The van der Waals surface area contributed by atoms with Gasteiger partial charge in [-0.3, -0.25) is 19.5 Å². The molecule has 7 saturated heterocycles. The number of hydrogen-bond acceptors (Lipinski definition) is 11. The van der Waals surface area contributed by atoms with Gasteiger partial charge in [0.2, 0.25) is 5.91 Å². The number of carbonyl (C=O) groups is 1. The highest BCUT2D eigenvalue weighted by molar-refractivity contribution is 5.78. The third-order valence-corrected chi connectivity index (χ3v) is 15.2. The van der Waals surface area contributed by atoms with Crippen molar-refractivity contribution in [2.24, 2.45) is 47.3 Å². The van der Waals surface area contributed by atoms with Crippen molar-refractivity contribution in [3.05, 3.63) is 0 Å². The van der Waals surface area contributed by atoms with Crippen molar-refractivity contribution in [2.45, 2.75) is 154 Å². The number of piperidine rings is 2. The first-order chi connectivity index (χ1) is 32.8. The number of carbonyl (C=O) groups excluding carboxylic acids is 1. The van der Waals surface area contributed by atoms with Crippen LogP contribution in [0.15, 0.2) is 0 Å². The van der Waals surface area contributed by atoms with Crippen molar-refractivity contribution >= 4 is 5.91 Å². The minimum Gasteiger partial charge on any atom is -0.381 e. The lowest BCUT2D eigenvalue weighted by Crippen LogP contribution is -2.47. The van der Waals surface area contributed by atoms with E-state index in [0.717, 1.165) is 126 Å². The van der Waals surface area contributed by atoms with Crippen LogP contribution in [0.1, 0.15) is 142 Å². The standard InChI is InChI=1S/C9H19NO.C9H19N.C8H18N2.C8H15NO2.C8H17N.C8H16O.C7H15NO/c1-9(2)3-4-10-5-7-11-8-6-10;1-8(2)9-4-6-10(3)7-5-9;1-8(2)10-6-4-9(3)5-7-10;1-7(2)8(10)9-3-5-11-6-4-9;3*1-7(2)8-3-5-9-6-4-8/h9H,3-8H2,1-2H3;8-9H,4-7H2,1-3H3;8H,4-7H2,1-3H3;7H,3-6H2,1-2H3;7-9H,3-6H2,1-2H3;7-8H,3-6H2,1-2H3;7H,3-6H2,1-2H3. The molecule has 0 radical (unpaired) electrons. The molecule has 7 aliphatic heterocycles. The van der Waals surface area contributed by atoms with E-state index in [2.05, 4.69) is 127 Å². The number of nitrogens with zero attached hydrogens (tertiary/aromatic N) is 6. The van der Waals surface area contributed by atoms with Gasteiger partial charge < -0.3 is 39.0 Å². The number of nitrogens with one attached hydrogen (secondary N) is 1. The van der Waals surface area contributed by atoms with E-state index in [4.69, 9.17) is 18.9 Å². The number of hydrogen-bond donors (Lipinski definition) is 1. The Bertz CT molecular complexity index is 1070. The molecule has 0 saturated carbocycles. The number of rotatable bonds is 9. The Morgan fingerprint density at radius 3 is 1.20 bits per heavy atom. The smallest absolute Gasteiger partial charge is 0.225 e. The van der Waals surface area contributed by atoms with Crippen LogP contribution in [0.5, 0.6) is 0 Å². The van der Waals surface area contributed by atoms with E-state index in [1.807, 2.05) is 18.7 Å². The van der Waals surface area contributed by atoms with Crippen molar-refractivity contribution in [3.63, 3.8) is 0 Å². The van der Waals surface area contributed by atoms with E-state index in [0.29, 0.717) is 19.3 Å². The molecule has 7 heterocycles. The molecule has 0 aromatic heterocycles. The van der Waals surface area contributed by atoms with Gasteiger partial charge in [-0.1, -0.05) is 69.2 Å². The van der Waals surface area contributed by atoms with Crippen LogP contribution in [0, 0.1) is 47.3 Å². The molecule has 7 fully saturated rings. The first kappa shape index (κ1) is 66.1. The Morgan fingerprint density at radius 2 is 0.826 bits per heavy atom. The highest BCUT2D eigenvalue weighted by atomic mass is 16.5. The molecule has 1 amide bonds. The summed E-state index contributed by atoms with van der Waals surface area (Å²) in [6, 6.07) is 1.42. The van der Waals surface area contributed by atoms with Crippen LogP contribution in [0.3, 0.4) is 0 Å². The molecular formula is C57H119N7O5. The maximum atomic E-state index is 11.4. The lowest BCUT2D eigenvalue weighted by molar-refractivity contribution is -0.138. The molecule has 0 aliphatic carbocycles. The summed E-state index contributed by atoms with van der Waals surface area (Å²) in [5, 5.41) is 3.37. The second kappa shape index (κ2) is 40.5. The summed E-state index contributed by atoms with van der Waals surface area (Å²) in [6.45, 7) is 55.7. The van der Waals surface area contributed by atoms with Crippen molar-refractivity contribution in [2.75, 3.05) is 165 Å². The Labute approximate surface area is 429 Å². The first-order valence-electron chi connectivity index (χ1n) is 28.7. The number of morpholine rings is 3. The molecule has 0 aromatic carbocycles. The van der Waals surface area contributed by atoms with Crippen molar-refractivity contribution in [1.29, 1.82) is 0 Å². The monoisotopic (exact) mass is 982 g/mol. The highest BCUT2D eigenvalue weighted by Gasteiger charge is 2.21. The van der Waals surface area contributed by atoms with E-state index >= 15 is 0 Å². The zero-order valence-corrected chi connectivity index (χ0v) is 48.7. The number of piperazine rings is 1. The van der Waals surface area contributed by atoms with Crippen LogP contribution in [0.2, 0.25) is 0 Å². The summed E-state index contributed by atoms with van der Waals surface area (Å²) in [7, 11) is 4.41. The maximum absolute atomic E-state index is 11.4. The van der Waals surface area contributed by atoms with Crippen LogP contribution in [-0.4, -0.2) is 213 Å². The van der Waals surface area contributed by atoms with Gasteiger partial charge in [0.1, 0.15) is 0 Å². The molecule has 0 atom stereocenters. The van der Waals surface area contributed by atoms with Gasteiger partial charge in [-0.2, -0.15) is 0 Å². The van der Waals surface area contributed by atoms with Gasteiger partial charge in [-0.15, -0.1) is 0 Å². The second-order valence-electron chi connectivity index (χ2n) is 23.3. The Balaban J connectivity index is 0.000000403. The van der Waals surface area contributed by atoms with Gasteiger partial charge >= 0.3 is 0 Å². The van der Waals surface area contributed by atoms with Crippen molar-refractivity contribution in [3.8, 4) is 0 Å². The fraction of sp³-hybridized carbons (Fsp3) is 0.982. The number of likely N-dealkylation sites (tertiary alicyclic amines) is 1. The van der Waals surface area contributed by atoms with E-state index in [9.17, 15) is 4.79 Å². The van der Waals surface area contributed by atoms with Gasteiger partial charge in [0.05, 0.1) is 39.6 Å². The maximum Gasteiger partial charge on any atom is 0.225 e. The quantitative estimate of drug-likeness (QED) is 0.241. The number of ether oxygens (including phenoxy) is 4. The van der Waals surface area contributed by atoms with Crippen molar-refractivity contribution in [1.82, 2.24) is 34.7 Å². The summed E-state index contributed by atoms with van der Waals surface area (Å²) in [5.74, 6) is 6.76. The summed E-state index contributed by atoms with van der Waals surface area (Å²) >= 11 is 0. The molecule has 1 N–H and O–H groups in total. The lowest BCUT2D eigenvalue weighted by atomic mass is 9.87. The Morgan fingerprint density at radius 1 is 0.449 bits per heavy atom. The molecule has 12 nitrogen and oxygen atoms in total. The SMILES string of the molecule is CC(C)C(=O)N1CCOCC1.CC(C)C1CCN(C)CC1.CC(C)C1CCNCC1.CC(C)C1CCOCC1.CC(C)CCN1CCOCC1.CC(C)N1CCN(C)CC1.CC(C)N1CCOCC1. The molecule has 7 aliphatic rings. The van der Waals surface area contributed by atoms with Crippen LogP contribution in [0.25, 0.3) is 0 Å². The third kappa shape index (κ3) is 33.5. The van der Waals surface area contributed by atoms with Gasteiger partial charge in [-0.25, -0.2) is 0 Å². The molecule has 7 rings (SSSR count).